The summed E-state index contributed by atoms with van der Waals surface area (Å²) in [4.78, 5) is 24.6. The van der Waals surface area contributed by atoms with Crippen molar-refractivity contribution in [2.75, 3.05) is 21.2 Å². The molecule has 0 aliphatic heterocycles. The van der Waals surface area contributed by atoms with E-state index >= 15 is 0 Å². The van der Waals surface area contributed by atoms with Crippen molar-refractivity contribution in [3.05, 3.63) is 65.7 Å². The van der Waals surface area contributed by atoms with Gasteiger partial charge in [-0.1, -0.05) is 30.3 Å². The summed E-state index contributed by atoms with van der Waals surface area (Å²) in [6.45, 7) is 0. The molecule has 0 bridgehead atoms. The van der Waals surface area contributed by atoms with E-state index in [9.17, 15) is 18.0 Å². The number of ether oxygens (including phenoxy) is 1. The number of amides is 1. The van der Waals surface area contributed by atoms with Crippen LogP contribution in [0.25, 0.3) is 0 Å². The molecule has 1 atom stereocenters. The van der Waals surface area contributed by atoms with Crippen LogP contribution < -0.4 is 5.32 Å². The fraction of sp³-hybridized carbons (Fsp3) is 0.222. The van der Waals surface area contributed by atoms with Crippen molar-refractivity contribution in [3.8, 4) is 0 Å². The van der Waals surface area contributed by atoms with Gasteiger partial charge in [-0.05, 0) is 29.8 Å². The van der Waals surface area contributed by atoms with Gasteiger partial charge in [0, 0.05) is 19.7 Å². The summed E-state index contributed by atoms with van der Waals surface area (Å²) < 4.78 is 30.0. The molecule has 0 aliphatic rings. The van der Waals surface area contributed by atoms with Crippen LogP contribution in [0.3, 0.4) is 0 Å². The Kier molecular flexibility index (Phi) is 6.12. The number of nitrogens with zero attached hydrogens (tertiary/aromatic N) is 1. The summed E-state index contributed by atoms with van der Waals surface area (Å²) >= 11 is 0. The first kappa shape index (κ1) is 19.6. The molecule has 138 valence electrons. The van der Waals surface area contributed by atoms with Gasteiger partial charge in [-0.15, -0.1) is 0 Å². The molecule has 0 spiro atoms. The number of hydrogen-bond donors (Lipinski definition) is 1. The van der Waals surface area contributed by atoms with Crippen molar-refractivity contribution in [3.63, 3.8) is 0 Å². The Hall–Kier alpha value is -2.71. The minimum atomic E-state index is -3.58. The van der Waals surface area contributed by atoms with Gasteiger partial charge in [-0.25, -0.2) is 17.5 Å². The predicted molar refractivity (Wildman–Crippen MR) is 96.0 cm³/mol. The highest BCUT2D eigenvalue weighted by atomic mass is 32.2. The number of carbonyl (C=O) groups is 2. The molecule has 0 saturated heterocycles. The Morgan fingerprint density at radius 1 is 1.00 bits per heavy atom. The Morgan fingerprint density at radius 2 is 1.58 bits per heavy atom. The highest BCUT2D eigenvalue weighted by Crippen LogP contribution is 2.17. The molecule has 26 heavy (non-hydrogen) atoms. The van der Waals surface area contributed by atoms with E-state index in [1.807, 2.05) is 0 Å². The van der Waals surface area contributed by atoms with Crippen molar-refractivity contribution in [1.82, 2.24) is 9.62 Å². The molecule has 2 aromatic carbocycles. The number of carbonyl (C=O) groups excluding carboxylic acids is 2. The Balaban J connectivity index is 2.24. The number of rotatable bonds is 6. The number of nitrogens with one attached hydrogen (secondary N) is 1. The molecule has 0 aliphatic carbocycles. The second kappa shape index (κ2) is 8.11. The summed E-state index contributed by atoms with van der Waals surface area (Å²) in [6.07, 6.45) is 0. The average molecular weight is 376 g/mol. The summed E-state index contributed by atoms with van der Waals surface area (Å²) in [6, 6.07) is 13.2. The number of benzene rings is 2. The van der Waals surface area contributed by atoms with Gasteiger partial charge in [0.2, 0.25) is 10.0 Å². The molecule has 8 heteroatoms. The number of methoxy groups -OCH3 is 1. The SMILES string of the molecule is COC(=O)C(NC(=O)c1ccc(S(=O)(=O)N(C)C)cc1)c1ccccc1. The first-order valence-electron chi connectivity index (χ1n) is 7.73. The minimum absolute atomic E-state index is 0.0756. The molecule has 7 nitrogen and oxygen atoms in total. The first-order valence-corrected chi connectivity index (χ1v) is 9.17. The van der Waals surface area contributed by atoms with Gasteiger partial charge in [0.1, 0.15) is 0 Å². The second-order valence-corrected chi connectivity index (χ2v) is 7.80. The molecule has 1 amide bonds. The molecule has 1 N–H and O–H groups in total. The second-order valence-electron chi connectivity index (χ2n) is 5.65. The molecule has 2 rings (SSSR count). The van der Waals surface area contributed by atoms with Crippen LogP contribution in [0, 0.1) is 0 Å². The standard InChI is InChI=1S/C18H20N2O5S/c1-20(2)26(23,24)15-11-9-14(10-12-15)17(21)19-16(18(22)25-3)13-7-5-4-6-8-13/h4-12,16H,1-3H3,(H,19,21). The van der Waals surface area contributed by atoms with E-state index in [1.54, 1.807) is 30.3 Å². The average Bonchev–Trinajstić information content (AvgIpc) is 2.66. The van der Waals surface area contributed by atoms with Crippen LogP contribution in [0.5, 0.6) is 0 Å². The van der Waals surface area contributed by atoms with Gasteiger partial charge in [-0.3, -0.25) is 4.79 Å². The number of sulfonamides is 1. The predicted octanol–water partition coefficient (Wildman–Crippen LogP) is 1.58. The Bertz CT molecular complexity index is 878. The topological polar surface area (TPSA) is 92.8 Å². The van der Waals surface area contributed by atoms with Crippen molar-refractivity contribution in [2.45, 2.75) is 10.9 Å². The largest absolute Gasteiger partial charge is 0.467 e. The van der Waals surface area contributed by atoms with Crippen LogP contribution in [0.1, 0.15) is 22.0 Å². The van der Waals surface area contributed by atoms with Crippen molar-refractivity contribution in [1.29, 1.82) is 0 Å². The lowest BCUT2D eigenvalue weighted by Gasteiger charge is -2.17. The first-order chi connectivity index (χ1) is 12.3. The third-order valence-corrected chi connectivity index (χ3v) is 5.57. The molecule has 0 fully saturated rings. The van der Waals surface area contributed by atoms with Crippen molar-refractivity contribution >= 4 is 21.9 Å². The van der Waals surface area contributed by atoms with E-state index < -0.39 is 27.9 Å². The zero-order valence-corrected chi connectivity index (χ0v) is 15.5. The highest BCUT2D eigenvalue weighted by Gasteiger charge is 2.24. The van der Waals surface area contributed by atoms with E-state index in [2.05, 4.69) is 5.32 Å². The summed E-state index contributed by atoms with van der Waals surface area (Å²) in [5.41, 5.74) is 0.812. The summed E-state index contributed by atoms with van der Waals surface area (Å²) in [5, 5.41) is 2.61. The van der Waals surface area contributed by atoms with E-state index in [0.717, 1.165) is 4.31 Å². The lowest BCUT2D eigenvalue weighted by Crippen LogP contribution is -2.34. The van der Waals surface area contributed by atoms with Gasteiger partial charge in [0.05, 0.1) is 12.0 Å². The Labute approximate surface area is 152 Å². The zero-order chi connectivity index (χ0) is 19.3. The van der Waals surface area contributed by atoms with Crippen LogP contribution in [0.15, 0.2) is 59.5 Å². The third kappa shape index (κ3) is 4.27. The molecule has 2 aromatic rings. The zero-order valence-electron chi connectivity index (χ0n) is 14.7. The molecule has 0 saturated carbocycles. The maximum atomic E-state index is 12.5. The van der Waals surface area contributed by atoms with Crippen LogP contribution >= 0.6 is 0 Å². The maximum Gasteiger partial charge on any atom is 0.333 e. The van der Waals surface area contributed by atoms with Crippen LogP contribution in [0.4, 0.5) is 0 Å². The lowest BCUT2D eigenvalue weighted by molar-refractivity contribution is -0.143. The molecule has 0 aromatic heterocycles. The molecule has 0 heterocycles. The normalized spacial score (nSPS) is 12.5. The third-order valence-electron chi connectivity index (χ3n) is 3.74. The number of esters is 1. The molecule has 0 radical (unpaired) electrons. The van der Waals surface area contributed by atoms with Crippen molar-refractivity contribution in [2.24, 2.45) is 0 Å². The molecular formula is C18H20N2O5S. The van der Waals surface area contributed by atoms with Crippen LogP contribution in [-0.4, -0.2) is 45.8 Å². The highest BCUT2D eigenvalue weighted by molar-refractivity contribution is 7.89. The fourth-order valence-electron chi connectivity index (χ4n) is 2.25. The molecular weight excluding hydrogens is 356 g/mol. The van der Waals surface area contributed by atoms with Gasteiger partial charge in [0.25, 0.3) is 5.91 Å². The Morgan fingerprint density at radius 3 is 2.08 bits per heavy atom. The summed E-state index contributed by atoms with van der Waals surface area (Å²) in [5.74, 6) is -1.12. The van der Waals surface area contributed by atoms with Gasteiger partial charge < -0.3 is 10.1 Å². The van der Waals surface area contributed by atoms with Crippen LogP contribution in [0.2, 0.25) is 0 Å². The van der Waals surface area contributed by atoms with Crippen LogP contribution in [-0.2, 0) is 19.6 Å². The smallest absolute Gasteiger partial charge is 0.333 e. The summed E-state index contributed by atoms with van der Waals surface area (Å²) in [7, 11) is 0.521. The van der Waals surface area contributed by atoms with E-state index in [4.69, 9.17) is 4.74 Å². The van der Waals surface area contributed by atoms with E-state index in [1.165, 1.54) is 45.5 Å². The monoisotopic (exact) mass is 376 g/mol. The lowest BCUT2D eigenvalue weighted by atomic mass is 10.1. The number of hydrogen-bond acceptors (Lipinski definition) is 5. The van der Waals surface area contributed by atoms with Gasteiger partial charge in [0.15, 0.2) is 6.04 Å². The van der Waals surface area contributed by atoms with E-state index in [0.29, 0.717) is 5.56 Å². The minimum Gasteiger partial charge on any atom is -0.467 e. The van der Waals surface area contributed by atoms with Gasteiger partial charge in [-0.2, -0.15) is 0 Å². The van der Waals surface area contributed by atoms with Crippen molar-refractivity contribution < 1.29 is 22.7 Å². The fourth-order valence-corrected chi connectivity index (χ4v) is 3.15. The van der Waals surface area contributed by atoms with E-state index in [-0.39, 0.29) is 10.5 Å². The molecule has 1 unspecified atom stereocenters. The quantitative estimate of drug-likeness (QED) is 0.773. The van der Waals surface area contributed by atoms with Gasteiger partial charge >= 0.3 is 5.97 Å². The maximum absolute atomic E-state index is 12.5.